The van der Waals surface area contributed by atoms with Crippen LogP contribution in [0, 0.1) is 0 Å². The molecule has 1 N–H and O–H groups in total. The first-order valence-electron chi connectivity index (χ1n) is 10.6. The lowest BCUT2D eigenvalue weighted by molar-refractivity contribution is -0.121. The van der Waals surface area contributed by atoms with Crippen LogP contribution in [0.5, 0.6) is 0 Å². The zero-order chi connectivity index (χ0) is 22.7. The van der Waals surface area contributed by atoms with E-state index in [2.05, 4.69) is 20.4 Å². The minimum atomic E-state index is -0.556. The van der Waals surface area contributed by atoms with Crippen molar-refractivity contribution in [2.24, 2.45) is 0 Å². The molecule has 9 nitrogen and oxygen atoms in total. The molecule has 32 heavy (non-hydrogen) atoms. The molecule has 2 amide bonds. The summed E-state index contributed by atoms with van der Waals surface area (Å²) in [5, 5.41) is 11.7. The molecule has 0 aliphatic carbocycles. The number of ether oxygens (including phenoxy) is 1. The molecule has 2 fully saturated rings. The van der Waals surface area contributed by atoms with E-state index in [1.165, 1.54) is 4.90 Å². The fourth-order valence-corrected chi connectivity index (χ4v) is 4.13. The van der Waals surface area contributed by atoms with Gasteiger partial charge in [-0.25, -0.2) is 9.69 Å². The first kappa shape index (κ1) is 22.2. The average Bonchev–Trinajstić information content (AvgIpc) is 3.08. The molecule has 10 heteroatoms. The highest BCUT2D eigenvalue weighted by atomic mass is 35.5. The summed E-state index contributed by atoms with van der Waals surface area (Å²) in [6.45, 7) is 3.55. The van der Waals surface area contributed by atoms with Crippen LogP contribution < -0.4 is 15.1 Å². The van der Waals surface area contributed by atoms with E-state index in [1.54, 1.807) is 37.3 Å². The van der Waals surface area contributed by atoms with E-state index in [9.17, 15) is 14.4 Å². The van der Waals surface area contributed by atoms with Crippen molar-refractivity contribution in [1.82, 2.24) is 15.5 Å². The lowest BCUT2D eigenvalue weighted by atomic mass is 10.0. The van der Waals surface area contributed by atoms with E-state index in [0.29, 0.717) is 16.4 Å². The van der Waals surface area contributed by atoms with Gasteiger partial charge in [0, 0.05) is 19.1 Å². The van der Waals surface area contributed by atoms with Crippen LogP contribution in [-0.2, 0) is 14.3 Å². The molecule has 1 aromatic heterocycles. The number of carbonyl (C=O) groups is 3. The Labute approximate surface area is 190 Å². The van der Waals surface area contributed by atoms with E-state index >= 15 is 0 Å². The van der Waals surface area contributed by atoms with Gasteiger partial charge in [0.05, 0.1) is 30.3 Å². The van der Waals surface area contributed by atoms with Crippen LogP contribution in [0.1, 0.15) is 36.5 Å². The Bertz CT molecular complexity index is 990. The number of piperidine rings is 1. The van der Waals surface area contributed by atoms with E-state index in [0.717, 1.165) is 31.7 Å². The van der Waals surface area contributed by atoms with Crippen molar-refractivity contribution in [3.8, 4) is 0 Å². The molecule has 3 heterocycles. The maximum Gasteiger partial charge on any atom is 0.338 e. The highest BCUT2D eigenvalue weighted by molar-refractivity contribution is 6.29. The first-order chi connectivity index (χ1) is 15.5. The van der Waals surface area contributed by atoms with Gasteiger partial charge in [-0.15, -0.1) is 10.2 Å². The van der Waals surface area contributed by atoms with Gasteiger partial charge in [0.1, 0.15) is 0 Å². The number of benzene rings is 1. The minimum Gasteiger partial charge on any atom is -0.462 e. The molecule has 4 rings (SSSR count). The fourth-order valence-electron chi connectivity index (χ4n) is 4.03. The predicted molar refractivity (Wildman–Crippen MR) is 119 cm³/mol. The Hall–Kier alpha value is -3.04. The number of rotatable bonds is 6. The second kappa shape index (κ2) is 9.62. The maximum atomic E-state index is 12.9. The fraction of sp³-hybridized carbons (Fsp3) is 0.409. The van der Waals surface area contributed by atoms with Gasteiger partial charge in [0.15, 0.2) is 11.0 Å². The van der Waals surface area contributed by atoms with Crippen molar-refractivity contribution in [1.29, 1.82) is 0 Å². The highest BCUT2D eigenvalue weighted by Crippen LogP contribution is 2.25. The number of anilines is 2. The second-order valence-corrected chi connectivity index (χ2v) is 8.12. The number of imide groups is 1. The standard InChI is InChI=1S/C22H24ClN5O4/c1-2-32-22(31)14-3-5-16(6-4-14)28-20(29)13-17(21(28)30)24-15-9-11-27(12-10-15)19-8-7-18(23)25-26-19/h3-8,15,17,24H,2,9-13H2,1H3. The third kappa shape index (κ3) is 4.73. The quantitative estimate of drug-likeness (QED) is 0.520. The number of aromatic nitrogens is 2. The van der Waals surface area contributed by atoms with E-state index in [-0.39, 0.29) is 30.9 Å². The molecular weight excluding hydrogens is 434 g/mol. The summed E-state index contributed by atoms with van der Waals surface area (Å²) in [7, 11) is 0. The van der Waals surface area contributed by atoms with Gasteiger partial charge in [0.2, 0.25) is 5.91 Å². The molecule has 0 radical (unpaired) electrons. The first-order valence-corrected chi connectivity index (χ1v) is 11.0. The smallest absolute Gasteiger partial charge is 0.338 e. The monoisotopic (exact) mass is 457 g/mol. The largest absolute Gasteiger partial charge is 0.462 e. The molecular formula is C22H24ClN5O4. The van der Waals surface area contributed by atoms with E-state index in [1.807, 2.05) is 6.07 Å². The Morgan fingerprint density at radius 3 is 2.47 bits per heavy atom. The van der Waals surface area contributed by atoms with Crippen molar-refractivity contribution in [3.63, 3.8) is 0 Å². The molecule has 0 saturated carbocycles. The number of nitrogens with zero attached hydrogens (tertiary/aromatic N) is 4. The van der Waals surface area contributed by atoms with Crippen LogP contribution in [0.25, 0.3) is 0 Å². The van der Waals surface area contributed by atoms with Crippen molar-refractivity contribution >= 4 is 40.9 Å². The van der Waals surface area contributed by atoms with Gasteiger partial charge in [-0.2, -0.15) is 0 Å². The minimum absolute atomic E-state index is 0.112. The summed E-state index contributed by atoms with van der Waals surface area (Å²) >= 11 is 5.80. The van der Waals surface area contributed by atoms with Crippen LogP contribution in [0.4, 0.5) is 11.5 Å². The predicted octanol–water partition coefficient (Wildman–Crippen LogP) is 2.20. The van der Waals surface area contributed by atoms with Gasteiger partial charge >= 0.3 is 5.97 Å². The molecule has 2 aliphatic rings. The summed E-state index contributed by atoms with van der Waals surface area (Å²) in [6.07, 6.45) is 1.74. The van der Waals surface area contributed by atoms with Crippen molar-refractivity contribution in [2.45, 2.75) is 38.3 Å². The van der Waals surface area contributed by atoms with Gasteiger partial charge in [-0.05, 0) is 56.2 Å². The molecule has 2 saturated heterocycles. The number of hydrogen-bond donors (Lipinski definition) is 1. The lowest BCUT2D eigenvalue weighted by Crippen LogP contribution is -2.49. The Balaban J connectivity index is 1.34. The third-order valence-corrected chi connectivity index (χ3v) is 5.86. The molecule has 1 unspecified atom stereocenters. The lowest BCUT2D eigenvalue weighted by Gasteiger charge is -2.33. The zero-order valence-corrected chi connectivity index (χ0v) is 18.4. The van der Waals surface area contributed by atoms with E-state index in [4.69, 9.17) is 16.3 Å². The number of halogens is 1. The van der Waals surface area contributed by atoms with Crippen LogP contribution in [0.3, 0.4) is 0 Å². The van der Waals surface area contributed by atoms with Gasteiger partial charge in [-0.1, -0.05) is 11.6 Å². The maximum absolute atomic E-state index is 12.9. The van der Waals surface area contributed by atoms with Gasteiger partial charge in [-0.3, -0.25) is 9.59 Å². The summed E-state index contributed by atoms with van der Waals surface area (Å²) in [4.78, 5) is 40.6. The molecule has 1 aromatic carbocycles. The molecule has 2 aromatic rings. The average molecular weight is 458 g/mol. The van der Waals surface area contributed by atoms with E-state index < -0.39 is 12.0 Å². The zero-order valence-electron chi connectivity index (χ0n) is 17.7. The SMILES string of the molecule is CCOC(=O)c1ccc(N2C(=O)CC(NC3CCN(c4ccc(Cl)nn4)CC3)C2=O)cc1. The summed E-state index contributed by atoms with van der Waals surface area (Å²) in [6, 6.07) is 9.43. The van der Waals surface area contributed by atoms with Crippen LogP contribution >= 0.6 is 11.6 Å². The highest BCUT2D eigenvalue weighted by Gasteiger charge is 2.40. The number of hydrogen-bond acceptors (Lipinski definition) is 8. The Morgan fingerprint density at radius 2 is 1.84 bits per heavy atom. The van der Waals surface area contributed by atoms with Crippen molar-refractivity contribution in [2.75, 3.05) is 29.5 Å². The summed E-state index contributed by atoms with van der Waals surface area (Å²) in [5.74, 6) is -0.193. The van der Waals surface area contributed by atoms with Crippen LogP contribution in [0.15, 0.2) is 36.4 Å². The Morgan fingerprint density at radius 1 is 1.12 bits per heavy atom. The molecule has 0 bridgehead atoms. The summed E-state index contributed by atoms with van der Waals surface area (Å²) in [5.41, 5.74) is 0.829. The second-order valence-electron chi connectivity index (χ2n) is 7.73. The number of carbonyl (C=O) groups excluding carboxylic acids is 3. The normalized spacial score (nSPS) is 19.5. The van der Waals surface area contributed by atoms with Gasteiger partial charge in [0.25, 0.3) is 5.91 Å². The number of esters is 1. The molecule has 168 valence electrons. The number of nitrogens with one attached hydrogen (secondary N) is 1. The molecule has 1 atom stereocenters. The van der Waals surface area contributed by atoms with Crippen LogP contribution in [-0.4, -0.2) is 59.8 Å². The topological polar surface area (TPSA) is 105 Å². The number of amides is 2. The van der Waals surface area contributed by atoms with Gasteiger partial charge < -0.3 is 15.0 Å². The molecule has 2 aliphatic heterocycles. The van der Waals surface area contributed by atoms with Crippen molar-refractivity contribution < 1.29 is 19.1 Å². The summed E-state index contributed by atoms with van der Waals surface area (Å²) < 4.78 is 4.97. The Kier molecular flexibility index (Phi) is 6.66. The third-order valence-electron chi connectivity index (χ3n) is 5.66. The molecule has 0 spiro atoms. The van der Waals surface area contributed by atoms with Crippen molar-refractivity contribution in [3.05, 3.63) is 47.1 Å². The van der Waals surface area contributed by atoms with Crippen LogP contribution in [0.2, 0.25) is 5.15 Å².